The van der Waals surface area contributed by atoms with Gasteiger partial charge in [0.05, 0.1) is 5.41 Å². The molecule has 6 heteroatoms. The Bertz CT molecular complexity index is 1190. The van der Waals surface area contributed by atoms with Crippen LogP contribution in [-0.4, -0.2) is 18.5 Å². The maximum absolute atomic E-state index is 13.3. The van der Waals surface area contributed by atoms with E-state index in [1.54, 1.807) is 11.9 Å². The number of carbonyl (C=O) groups excluding carboxylic acids is 1. The first-order chi connectivity index (χ1) is 16.6. The lowest BCUT2D eigenvalue weighted by Gasteiger charge is -2.17. The summed E-state index contributed by atoms with van der Waals surface area (Å²) in [5.74, 6) is 2.61. The molecule has 1 amide bonds. The molecule has 0 saturated heterocycles. The van der Waals surface area contributed by atoms with E-state index in [1.807, 2.05) is 24.3 Å². The third-order valence-electron chi connectivity index (χ3n) is 6.55. The predicted molar refractivity (Wildman–Crippen MR) is 138 cm³/mol. The van der Waals surface area contributed by atoms with Gasteiger partial charge in [0, 0.05) is 18.0 Å². The van der Waals surface area contributed by atoms with Crippen LogP contribution in [0.25, 0.3) is 11.1 Å². The first-order valence-electron chi connectivity index (χ1n) is 11.9. The summed E-state index contributed by atoms with van der Waals surface area (Å²) in [7, 11) is 0. The van der Waals surface area contributed by atoms with E-state index in [1.165, 1.54) is 17.5 Å². The normalized spacial score (nSPS) is 15.2. The van der Waals surface area contributed by atoms with Gasteiger partial charge in [0.25, 0.3) is 0 Å². The van der Waals surface area contributed by atoms with Gasteiger partial charge in [0.1, 0.15) is 0 Å². The van der Waals surface area contributed by atoms with Crippen molar-refractivity contribution in [2.45, 2.75) is 45.1 Å². The summed E-state index contributed by atoms with van der Waals surface area (Å²) < 4.78 is 14.3. The Kier molecular flexibility index (Phi) is 6.53. The lowest BCUT2D eigenvalue weighted by atomic mass is 9.94. The Balaban J connectivity index is 1.30. The third kappa shape index (κ3) is 4.65. The Morgan fingerprint density at radius 2 is 1.79 bits per heavy atom. The van der Waals surface area contributed by atoms with Crippen LogP contribution in [-0.2, 0) is 16.8 Å². The van der Waals surface area contributed by atoms with Gasteiger partial charge in [-0.05, 0) is 78.3 Å². The fraction of sp³-hybridized carbons (Fsp3) is 0.321. The first-order valence-corrected chi connectivity index (χ1v) is 12.8. The van der Waals surface area contributed by atoms with Crippen LogP contribution in [0.1, 0.15) is 42.9 Å². The molecular weight excluding hydrogens is 444 g/mol. The molecule has 0 aromatic heterocycles. The standard InChI is InChI=1S/C28H30N2O3S/c1-3-14-34-29-17-20-5-7-21(8-6-20)24-16-23(10-4-19(24)2)30-27(31)28(12-13-28)22-9-11-25-26(15-22)33-18-32-25/h4-11,15-16,29H,3,12-14,17-18H2,1-2H3,(H,30,31). The van der Waals surface area contributed by atoms with Crippen molar-refractivity contribution in [1.82, 2.24) is 4.72 Å². The maximum atomic E-state index is 13.3. The van der Waals surface area contributed by atoms with Crippen molar-refractivity contribution >= 4 is 23.5 Å². The van der Waals surface area contributed by atoms with E-state index < -0.39 is 5.41 Å². The number of carbonyl (C=O) groups is 1. The molecule has 0 radical (unpaired) electrons. The fourth-order valence-electron chi connectivity index (χ4n) is 4.34. The molecule has 1 aliphatic heterocycles. The van der Waals surface area contributed by atoms with Crippen LogP contribution < -0.4 is 19.5 Å². The lowest BCUT2D eigenvalue weighted by molar-refractivity contribution is -0.118. The minimum absolute atomic E-state index is 0.0344. The van der Waals surface area contributed by atoms with Crippen LogP contribution in [0, 0.1) is 6.92 Å². The molecular formula is C28H30N2O3S. The SMILES string of the molecule is CCCSNCc1ccc(-c2cc(NC(=O)C3(c4ccc5c(c4)OCO5)CC3)ccc2C)cc1. The Labute approximate surface area is 205 Å². The van der Waals surface area contributed by atoms with E-state index in [4.69, 9.17) is 9.47 Å². The quantitative estimate of drug-likeness (QED) is 0.285. The summed E-state index contributed by atoms with van der Waals surface area (Å²) >= 11 is 1.77. The summed E-state index contributed by atoms with van der Waals surface area (Å²) in [5.41, 5.74) is 6.03. The van der Waals surface area contributed by atoms with Gasteiger partial charge in [-0.25, -0.2) is 0 Å². The van der Waals surface area contributed by atoms with Gasteiger partial charge in [-0.2, -0.15) is 0 Å². The highest BCUT2D eigenvalue weighted by Gasteiger charge is 2.51. The predicted octanol–water partition coefficient (Wildman–Crippen LogP) is 6.21. The molecule has 1 saturated carbocycles. The van der Waals surface area contributed by atoms with Crippen molar-refractivity contribution in [1.29, 1.82) is 0 Å². The summed E-state index contributed by atoms with van der Waals surface area (Å²) in [5, 5.41) is 3.18. The molecule has 2 aliphatic rings. The average Bonchev–Trinajstić information content (AvgIpc) is 3.54. The molecule has 3 aromatic rings. The molecule has 1 heterocycles. The van der Waals surface area contributed by atoms with Gasteiger partial charge < -0.3 is 14.8 Å². The largest absolute Gasteiger partial charge is 0.454 e. The number of hydrogen-bond donors (Lipinski definition) is 2. The minimum atomic E-state index is -0.490. The number of aryl methyl sites for hydroxylation is 1. The van der Waals surface area contributed by atoms with E-state index in [0.29, 0.717) is 0 Å². The summed E-state index contributed by atoms with van der Waals surface area (Å²) in [6.07, 6.45) is 2.84. The second kappa shape index (κ2) is 9.72. The molecule has 1 fully saturated rings. The van der Waals surface area contributed by atoms with Crippen LogP contribution in [0.5, 0.6) is 11.5 Å². The van der Waals surface area contributed by atoms with Crippen molar-refractivity contribution in [3.05, 3.63) is 77.4 Å². The van der Waals surface area contributed by atoms with E-state index in [-0.39, 0.29) is 12.7 Å². The van der Waals surface area contributed by atoms with Crippen molar-refractivity contribution in [3.63, 3.8) is 0 Å². The van der Waals surface area contributed by atoms with Crippen molar-refractivity contribution in [2.24, 2.45) is 0 Å². The number of amides is 1. The first kappa shape index (κ1) is 22.8. The third-order valence-corrected chi connectivity index (χ3v) is 7.52. The van der Waals surface area contributed by atoms with Crippen LogP contribution in [0.3, 0.4) is 0 Å². The van der Waals surface area contributed by atoms with Crippen molar-refractivity contribution in [3.8, 4) is 22.6 Å². The van der Waals surface area contributed by atoms with Gasteiger partial charge >= 0.3 is 0 Å². The molecule has 5 nitrogen and oxygen atoms in total. The Morgan fingerprint density at radius 3 is 2.56 bits per heavy atom. The number of hydrogen-bond acceptors (Lipinski definition) is 5. The highest BCUT2D eigenvalue weighted by atomic mass is 32.2. The molecule has 0 atom stereocenters. The average molecular weight is 475 g/mol. The second-order valence-electron chi connectivity index (χ2n) is 9.00. The van der Waals surface area contributed by atoms with Crippen LogP contribution >= 0.6 is 11.9 Å². The molecule has 176 valence electrons. The van der Waals surface area contributed by atoms with Gasteiger partial charge in [0.15, 0.2) is 11.5 Å². The second-order valence-corrected chi connectivity index (χ2v) is 9.99. The summed E-state index contributed by atoms with van der Waals surface area (Å²) in [6, 6.07) is 20.6. The number of benzene rings is 3. The zero-order chi connectivity index (χ0) is 23.5. The lowest BCUT2D eigenvalue weighted by Crippen LogP contribution is -2.27. The van der Waals surface area contributed by atoms with Crippen molar-refractivity contribution < 1.29 is 14.3 Å². The molecule has 0 unspecified atom stereocenters. The van der Waals surface area contributed by atoms with Gasteiger partial charge in [-0.3, -0.25) is 9.52 Å². The Morgan fingerprint density at radius 1 is 1.00 bits per heavy atom. The number of anilines is 1. The van der Waals surface area contributed by atoms with E-state index in [9.17, 15) is 4.79 Å². The van der Waals surface area contributed by atoms with Crippen LogP contribution in [0.4, 0.5) is 5.69 Å². The fourth-order valence-corrected chi connectivity index (χ4v) is 4.96. The van der Waals surface area contributed by atoms with Gasteiger partial charge in [-0.15, -0.1) is 0 Å². The van der Waals surface area contributed by atoms with Crippen molar-refractivity contribution in [2.75, 3.05) is 17.9 Å². The topological polar surface area (TPSA) is 59.6 Å². The van der Waals surface area contributed by atoms with Gasteiger partial charge in [0.2, 0.25) is 12.7 Å². The van der Waals surface area contributed by atoms with Crippen LogP contribution in [0.15, 0.2) is 60.7 Å². The zero-order valence-electron chi connectivity index (χ0n) is 19.6. The maximum Gasteiger partial charge on any atom is 0.235 e. The molecule has 2 N–H and O–H groups in total. The minimum Gasteiger partial charge on any atom is -0.454 e. The smallest absolute Gasteiger partial charge is 0.235 e. The number of ether oxygens (including phenoxy) is 2. The van der Waals surface area contributed by atoms with E-state index in [0.717, 1.165) is 59.0 Å². The number of nitrogens with one attached hydrogen (secondary N) is 2. The zero-order valence-corrected chi connectivity index (χ0v) is 20.5. The molecule has 5 rings (SSSR count). The Hall–Kier alpha value is -2.96. The van der Waals surface area contributed by atoms with Gasteiger partial charge in [-0.1, -0.05) is 55.3 Å². The molecule has 0 spiro atoms. The number of fused-ring (bicyclic) bond motifs is 1. The highest BCUT2D eigenvalue weighted by molar-refractivity contribution is 7.97. The monoisotopic (exact) mass is 474 g/mol. The summed E-state index contributed by atoms with van der Waals surface area (Å²) in [4.78, 5) is 13.3. The van der Waals surface area contributed by atoms with E-state index in [2.05, 4.69) is 60.3 Å². The van der Waals surface area contributed by atoms with E-state index >= 15 is 0 Å². The molecule has 34 heavy (non-hydrogen) atoms. The molecule has 1 aliphatic carbocycles. The number of rotatable bonds is 9. The van der Waals surface area contributed by atoms with Crippen LogP contribution in [0.2, 0.25) is 0 Å². The molecule has 3 aromatic carbocycles. The summed E-state index contributed by atoms with van der Waals surface area (Å²) in [6.45, 7) is 5.37. The molecule has 0 bridgehead atoms. The highest BCUT2D eigenvalue weighted by Crippen LogP contribution is 2.51.